The monoisotopic (exact) mass is 1270 g/mol. The lowest BCUT2D eigenvalue weighted by atomic mass is 10.1. The molecule has 0 bridgehead atoms. The van der Waals surface area contributed by atoms with E-state index in [1.807, 2.05) is 109 Å². The summed E-state index contributed by atoms with van der Waals surface area (Å²) in [5.74, 6) is 1.91. The SMILES string of the molecule is COc1ccc(N(c2ccc(/C=C/c3ccnc(-c4cc(OC=O)cc(-c5cc(OC=O)ccn5)n4)c3)cc2)c2ccc(CO)cc2)cc1.Cc1ccc(N(c2ccc(C)cc2)c2ccc(/C=C/c3ccnc(-c4cc(OC=O)cc(-c5cc(OC=O)ccn5)n4)c3)cc2)cc1. The third kappa shape index (κ3) is 16.5. The fourth-order valence-electron chi connectivity index (χ4n) is 10.1. The highest BCUT2D eigenvalue weighted by Gasteiger charge is 2.17. The van der Waals surface area contributed by atoms with Crippen molar-refractivity contribution >= 4 is 84.3 Å². The van der Waals surface area contributed by atoms with Gasteiger partial charge in [-0.2, -0.15) is 0 Å². The van der Waals surface area contributed by atoms with Crippen molar-refractivity contribution in [2.24, 2.45) is 0 Å². The average molecular weight is 1270 g/mol. The molecule has 0 aliphatic carbocycles. The summed E-state index contributed by atoms with van der Waals surface area (Å²) in [6.07, 6.45) is 14.4. The van der Waals surface area contributed by atoms with Gasteiger partial charge in [0.1, 0.15) is 28.7 Å². The van der Waals surface area contributed by atoms with Crippen molar-refractivity contribution in [3.63, 3.8) is 0 Å². The van der Waals surface area contributed by atoms with E-state index < -0.39 is 0 Å². The Kier molecular flexibility index (Phi) is 21.0. The highest BCUT2D eigenvalue weighted by molar-refractivity contribution is 5.81. The highest BCUT2D eigenvalue weighted by atomic mass is 16.5. The second-order valence-corrected chi connectivity index (χ2v) is 21.4. The number of anilines is 6. The molecule has 0 amide bonds. The van der Waals surface area contributed by atoms with Crippen LogP contribution in [0.5, 0.6) is 28.7 Å². The molecule has 0 saturated heterocycles. The van der Waals surface area contributed by atoms with E-state index in [1.54, 1.807) is 68.0 Å². The van der Waals surface area contributed by atoms with Crippen LogP contribution in [0.15, 0.2) is 243 Å². The first-order chi connectivity index (χ1) is 47.0. The van der Waals surface area contributed by atoms with Gasteiger partial charge >= 0.3 is 0 Å². The number of aliphatic hydroxyl groups excluding tert-OH is 1. The summed E-state index contributed by atoms with van der Waals surface area (Å²) in [6.45, 7) is 5.51. The second kappa shape index (κ2) is 31.3. The molecule has 0 aliphatic rings. The molecule has 0 unspecified atom stereocenters. The minimum atomic E-state index is -0.0213. The fourth-order valence-corrected chi connectivity index (χ4v) is 10.1. The quantitative estimate of drug-likeness (QED) is 0.0556. The van der Waals surface area contributed by atoms with Crippen LogP contribution in [0.25, 0.3) is 69.9 Å². The largest absolute Gasteiger partial charge is 0.497 e. The molecule has 18 heteroatoms. The molecule has 18 nitrogen and oxygen atoms in total. The Morgan fingerprint density at radius 1 is 0.323 bits per heavy atom. The number of ether oxygens (including phenoxy) is 5. The number of hydrogen-bond acceptors (Lipinski definition) is 18. The van der Waals surface area contributed by atoms with Crippen molar-refractivity contribution in [3.8, 4) is 74.3 Å². The zero-order valence-corrected chi connectivity index (χ0v) is 52.1. The number of carbonyl (C=O) groups excluding carboxylic acids is 4. The van der Waals surface area contributed by atoms with Gasteiger partial charge < -0.3 is 38.6 Å². The molecule has 0 saturated carbocycles. The van der Waals surface area contributed by atoms with Gasteiger partial charge in [0, 0.05) is 95.3 Å². The lowest BCUT2D eigenvalue weighted by Gasteiger charge is -2.26. The smallest absolute Gasteiger partial charge is 0.298 e. The maximum Gasteiger partial charge on any atom is 0.298 e. The van der Waals surface area contributed by atoms with E-state index in [0.717, 1.165) is 67.7 Å². The maximum atomic E-state index is 11.2. The predicted molar refractivity (Wildman–Crippen MR) is 370 cm³/mol. The van der Waals surface area contributed by atoms with Gasteiger partial charge in [-0.05, 0) is 163 Å². The lowest BCUT2D eigenvalue weighted by molar-refractivity contribution is -0.121. The Morgan fingerprint density at radius 2 is 0.615 bits per heavy atom. The van der Waals surface area contributed by atoms with Crippen LogP contribution in [0.1, 0.15) is 38.9 Å². The van der Waals surface area contributed by atoms with Crippen LogP contribution in [0.4, 0.5) is 34.1 Å². The highest BCUT2D eigenvalue weighted by Crippen LogP contribution is 2.38. The van der Waals surface area contributed by atoms with Crippen LogP contribution in [0.3, 0.4) is 0 Å². The molecule has 12 rings (SSSR count). The molecule has 1 N–H and O–H groups in total. The standard InChI is InChI=1S/C39H30N4O6.C39H30N4O4/c1-47-33-14-12-32(13-15-33)43(31-10-6-29(24-44)7-11-31)30-8-4-27(5-9-30)2-3-28-16-18-40-36(20-28)38-22-35(49-26-46)23-39(42-38)37-21-34(48-25-45)17-19-41-37;1-27-3-11-31(12-4-27)43(32-13-5-28(2)6-14-32)33-15-9-29(10-16-33)7-8-30-17-19-40-36(21-30)38-23-35(47-26-45)24-39(42-38)37-22-34(46-25-44)18-20-41-37/h2-23,25-26,44H,24H2,1H3;3-26H,1-2H3/b3-2+;8-7+. The van der Waals surface area contributed by atoms with Crippen LogP contribution in [-0.2, 0) is 25.8 Å². The number of aryl methyl sites for hydroxylation is 2. The first-order valence-electron chi connectivity index (χ1n) is 30.0. The van der Waals surface area contributed by atoms with Crippen LogP contribution in [-0.4, -0.2) is 68.0 Å². The first kappa shape index (κ1) is 64.5. The summed E-state index contributed by atoms with van der Waals surface area (Å²) in [5.41, 5.74) is 16.9. The average Bonchev–Trinajstić information content (AvgIpc) is 0.851. The maximum absolute atomic E-state index is 11.2. The van der Waals surface area contributed by atoms with E-state index in [9.17, 15) is 24.3 Å². The van der Waals surface area contributed by atoms with Crippen molar-refractivity contribution in [3.05, 3.63) is 282 Å². The number of aliphatic hydroxyl groups is 1. The number of hydrogen-bond donors (Lipinski definition) is 1. The van der Waals surface area contributed by atoms with Gasteiger partial charge in [-0.15, -0.1) is 0 Å². The molecule has 96 heavy (non-hydrogen) atoms. The number of aromatic nitrogens is 6. The molecule has 0 atom stereocenters. The van der Waals surface area contributed by atoms with Gasteiger partial charge in [0.15, 0.2) is 0 Å². The van der Waals surface area contributed by atoms with Crippen molar-refractivity contribution < 1.29 is 48.0 Å². The Morgan fingerprint density at radius 3 is 0.958 bits per heavy atom. The minimum absolute atomic E-state index is 0.0213. The third-order valence-corrected chi connectivity index (χ3v) is 14.9. The van der Waals surface area contributed by atoms with Gasteiger partial charge in [-0.1, -0.05) is 96.1 Å². The van der Waals surface area contributed by atoms with Crippen molar-refractivity contribution in [1.29, 1.82) is 0 Å². The van der Waals surface area contributed by atoms with Crippen LogP contribution in [0.2, 0.25) is 0 Å². The van der Waals surface area contributed by atoms with Crippen LogP contribution < -0.4 is 33.5 Å². The molecule has 0 spiro atoms. The molecule has 12 aromatic rings. The van der Waals surface area contributed by atoms with Gasteiger partial charge in [-0.25, -0.2) is 9.97 Å². The summed E-state index contributed by atoms with van der Waals surface area (Å²) in [7, 11) is 1.64. The van der Waals surface area contributed by atoms with E-state index >= 15 is 0 Å². The summed E-state index contributed by atoms with van der Waals surface area (Å²) in [5, 5.41) is 9.53. The number of pyridine rings is 6. The van der Waals surface area contributed by atoms with Crippen LogP contribution >= 0.6 is 0 Å². The number of nitrogens with zero attached hydrogens (tertiary/aromatic N) is 8. The minimum Gasteiger partial charge on any atom is -0.497 e. The molecule has 0 fully saturated rings. The van der Waals surface area contributed by atoms with Crippen molar-refractivity contribution in [1.82, 2.24) is 29.9 Å². The fraction of sp³-hybridized carbons (Fsp3) is 0.0513. The summed E-state index contributed by atoms with van der Waals surface area (Å²) in [4.78, 5) is 75.4. The number of rotatable bonds is 24. The van der Waals surface area contributed by atoms with E-state index in [0.29, 0.717) is 82.9 Å². The predicted octanol–water partition coefficient (Wildman–Crippen LogP) is 16.0. The van der Waals surface area contributed by atoms with Gasteiger partial charge in [0.25, 0.3) is 25.9 Å². The summed E-state index contributed by atoms with van der Waals surface area (Å²) < 4.78 is 25.6. The zero-order valence-electron chi connectivity index (χ0n) is 52.1. The van der Waals surface area contributed by atoms with E-state index in [-0.39, 0.29) is 18.1 Å². The molecule has 0 aliphatic heterocycles. The lowest BCUT2D eigenvalue weighted by Crippen LogP contribution is -2.10. The molecule has 6 heterocycles. The van der Waals surface area contributed by atoms with Crippen molar-refractivity contribution in [2.45, 2.75) is 20.5 Å². The number of methoxy groups -OCH3 is 1. The normalized spacial score (nSPS) is 10.8. The molecule has 6 aromatic carbocycles. The topological polar surface area (TPSA) is 218 Å². The summed E-state index contributed by atoms with van der Waals surface area (Å²) in [6, 6.07) is 69.5. The molecule has 472 valence electrons. The molecule has 6 aromatic heterocycles. The van der Waals surface area contributed by atoms with Crippen LogP contribution in [0, 0.1) is 13.8 Å². The summed E-state index contributed by atoms with van der Waals surface area (Å²) >= 11 is 0. The van der Waals surface area contributed by atoms with Gasteiger partial charge in [0.05, 0.1) is 59.3 Å². The van der Waals surface area contributed by atoms with Gasteiger partial charge in [-0.3, -0.25) is 39.1 Å². The Hall–Kier alpha value is -13.1. The molecular formula is C78H60N8O10. The van der Waals surface area contributed by atoms with E-state index in [2.05, 4.69) is 129 Å². The first-order valence-corrected chi connectivity index (χ1v) is 30.0. The molecular weight excluding hydrogens is 1210 g/mol. The van der Waals surface area contributed by atoms with Crippen molar-refractivity contribution in [2.75, 3.05) is 16.9 Å². The Labute approximate surface area is 553 Å². The Bertz CT molecular complexity index is 4630. The third-order valence-electron chi connectivity index (χ3n) is 14.9. The molecule has 0 radical (unpaired) electrons. The second-order valence-electron chi connectivity index (χ2n) is 21.4. The van der Waals surface area contributed by atoms with E-state index in [4.69, 9.17) is 33.7 Å². The van der Waals surface area contributed by atoms with Gasteiger partial charge in [0.2, 0.25) is 0 Å². The number of carbonyl (C=O) groups is 4. The van der Waals surface area contributed by atoms with E-state index in [1.165, 1.54) is 23.5 Å². The zero-order chi connectivity index (χ0) is 66.6. The Balaban J connectivity index is 0.000000195. The number of benzene rings is 6.